The summed E-state index contributed by atoms with van der Waals surface area (Å²) in [4.78, 5) is 0. The summed E-state index contributed by atoms with van der Waals surface area (Å²) in [5.41, 5.74) is 0. The molecule has 0 amide bonds. The van der Waals surface area contributed by atoms with Crippen molar-refractivity contribution < 1.29 is 9.47 Å². The normalized spacial score (nSPS) is 9.29. The maximum atomic E-state index is 8.23. The Kier molecular flexibility index (Phi) is 11.0. The minimum Gasteiger partial charge on any atom is -0.379 e. The van der Waals surface area contributed by atoms with Crippen LogP contribution in [0.3, 0.4) is 0 Å². The largest absolute Gasteiger partial charge is 0.379 e. The predicted octanol–water partition coefficient (Wildman–Crippen LogP) is 1.63. The molecule has 0 heterocycles. The minimum atomic E-state index is 0.545. The third-order valence-corrected chi connectivity index (χ3v) is 1.53. The highest BCUT2D eigenvalue weighted by Gasteiger charge is 1.90. The Labute approximate surface area is 85.0 Å². The van der Waals surface area contributed by atoms with Crippen LogP contribution in [-0.2, 0) is 9.47 Å². The van der Waals surface area contributed by atoms with Crippen molar-refractivity contribution >= 4 is 0 Å². The third-order valence-electron chi connectivity index (χ3n) is 1.53. The molecule has 0 saturated heterocycles. The van der Waals surface area contributed by atoms with Gasteiger partial charge in [-0.15, -0.1) is 0 Å². The summed E-state index contributed by atoms with van der Waals surface area (Å²) in [6, 6.07) is 4.10. The van der Waals surface area contributed by atoms with Gasteiger partial charge in [0.15, 0.2) is 0 Å². The molecule has 0 saturated carbocycles. The number of ether oxygens (including phenoxy) is 2. The van der Waals surface area contributed by atoms with Gasteiger partial charge in [-0.1, -0.05) is 0 Å². The number of hydrogen-bond donors (Lipinski definition) is 0. The van der Waals surface area contributed by atoms with Crippen LogP contribution in [0.1, 0.15) is 25.7 Å². The summed E-state index contributed by atoms with van der Waals surface area (Å²) < 4.78 is 10.4. The van der Waals surface area contributed by atoms with E-state index in [0.29, 0.717) is 39.3 Å². The molecule has 0 atom stereocenters. The van der Waals surface area contributed by atoms with Gasteiger partial charge in [0.1, 0.15) is 0 Å². The first-order valence-corrected chi connectivity index (χ1v) is 4.81. The highest BCUT2D eigenvalue weighted by Crippen LogP contribution is 1.90. The van der Waals surface area contributed by atoms with Gasteiger partial charge in [-0.2, -0.15) is 10.5 Å². The van der Waals surface area contributed by atoms with E-state index >= 15 is 0 Å². The molecule has 4 heteroatoms. The Morgan fingerprint density at radius 3 is 1.50 bits per heavy atom. The van der Waals surface area contributed by atoms with Crippen LogP contribution in [0.4, 0.5) is 0 Å². The molecule has 0 unspecified atom stereocenters. The summed E-state index contributed by atoms with van der Waals surface area (Å²) in [5, 5.41) is 16.5. The van der Waals surface area contributed by atoms with Crippen LogP contribution >= 0.6 is 0 Å². The third kappa shape index (κ3) is 10.9. The van der Waals surface area contributed by atoms with Gasteiger partial charge in [-0.25, -0.2) is 0 Å². The summed E-state index contributed by atoms with van der Waals surface area (Å²) in [7, 11) is 0. The maximum absolute atomic E-state index is 8.23. The van der Waals surface area contributed by atoms with Crippen molar-refractivity contribution in [3.05, 3.63) is 0 Å². The number of unbranched alkanes of at least 4 members (excludes halogenated alkanes) is 2. The lowest BCUT2D eigenvalue weighted by Gasteiger charge is -2.03. The fraction of sp³-hybridized carbons (Fsp3) is 0.800. The standard InChI is InChI=1S/C10H16N2O2/c11-5-1-3-7-13-9-10-14-8-4-2-6-12/h1-4,7-10H2. The van der Waals surface area contributed by atoms with Crippen LogP contribution in [0.2, 0.25) is 0 Å². The van der Waals surface area contributed by atoms with Crippen molar-refractivity contribution in [2.75, 3.05) is 26.4 Å². The number of nitrogens with zero attached hydrogens (tertiary/aromatic N) is 2. The molecule has 0 N–H and O–H groups in total. The number of rotatable bonds is 9. The van der Waals surface area contributed by atoms with Gasteiger partial charge in [-0.3, -0.25) is 0 Å². The zero-order chi connectivity index (χ0) is 10.5. The molecule has 0 bridgehead atoms. The van der Waals surface area contributed by atoms with Crippen LogP contribution < -0.4 is 0 Å². The second-order valence-electron chi connectivity index (χ2n) is 2.75. The SMILES string of the molecule is N#CCCCOCCOCCCC#N. The molecule has 0 aliphatic carbocycles. The van der Waals surface area contributed by atoms with E-state index in [1.807, 2.05) is 0 Å². The first-order chi connectivity index (χ1) is 6.91. The Balaban J connectivity index is 2.86. The summed E-state index contributed by atoms with van der Waals surface area (Å²) >= 11 is 0. The molecule has 0 aromatic rings. The van der Waals surface area contributed by atoms with E-state index in [2.05, 4.69) is 12.1 Å². The van der Waals surface area contributed by atoms with Crippen LogP contribution in [-0.4, -0.2) is 26.4 Å². The number of hydrogen-bond acceptors (Lipinski definition) is 4. The summed E-state index contributed by atoms with van der Waals surface area (Å²) in [5.74, 6) is 0. The van der Waals surface area contributed by atoms with Gasteiger partial charge in [0.05, 0.1) is 25.4 Å². The monoisotopic (exact) mass is 196 g/mol. The zero-order valence-electron chi connectivity index (χ0n) is 8.37. The van der Waals surface area contributed by atoms with Gasteiger partial charge >= 0.3 is 0 Å². The van der Waals surface area contributed by atoms with Gasteiger partial charge in [0.25, 0.3) is 0 Å². The van der Waals surface area contributed by atoms with Gasteiger partial charge in [0, 0.05) is 26.1 Å². The van der Waals surface area contributed by atoms with Crippen LogP contribution in [0.5, 0.6) is 0 Å². The minimum absolute atomic E-state index is 0.545. The molecule has 0 aliphatic heterocycles. The van der Waals surface area contributed by atoms with E-state index in [4.69, 9.17) is 20.0 Å². The molecule has 0 radical (unpaired) electrons. The summed E-state index contributed by atoms with van der Waals surface area (Å²) in [6.45, 7) is 2.38. The Hall–Kier alpha value is -1.10. The average Bonchev–Trinajstić information content (AvgIpc) is 2.21. The molecule has 0 aromatic heterocycles. The van der Waals surface area contributed by atoms with E-state index < -0.39 is 0 Å². The van der Waals surface area contributed by atoms with E-state index in [0.717, 1.165) is 12.8 Å². The molecule has 0 aromatic carbocycles. The van der Waals surface area contributed by atoms with E-state index in [1.54, 1.807) is 0 Å². The second kappa shape index (κ2) is 11.9. The Morgan fingerprint density at radius 1 is 0.714 bits per heavy atom. The van der Waals surface area contributed by atoms with Gasteiger partial charge < -0.3 is 9.47 Å². The smallest absolute Gasteiger partial charge is 0.0700 e. The van der Waals surface area contributed by atoms with Crippen molar-refractivity contribution in [1.82, 2.24) is 0 Å². The van der Waals surface area contributed by atoms with Gasteiger partial charge in [0.2, 0.25) is 0 Å². The van der Waals surface area contributed by atoms with Crippen molar-refractivity contribution in [2.24, 2.45) is 0 Å². The fourth-order valence-corrected chi connectivity index (χ4v) is 0.829. The zero-order valence-corrected chi connectivity index (χ0v) is 8.37. The molecule has 0 spiro atoms. The van der Waals surface area contributed by atoms with Crippen molar-refractivity contribution in [1.29, 1.82) is 10.5 Å². The highest BCUT2D eigenvalue weighted by molar-refractivity contribution is 4.67. The molecule has 0 rings (SSSR count). The molecule has 14 heavy (non-hydrogen) atoms. The molecule has 78 valence electrons. The van der Waals surface area contributed by atoms with Crippen molar-refractivity contribution in [3.63, 3.8) is 0 Å². The molecule has 4 nitrogen and oxygen atoms in total. The predicted molar refractivity (Wildman–Crippen MR) is 51.3 cm³/mol. The number of nitriles is 2. The maximum Gasteiger partial charge on any atom is 0.0700 e. The molecular weight excluding hydrogens is 180 g/mol. The first kappa shape index (κ1) is 12.9. The first-order valence-electron chi connectivity index (χ1n) is 4.81. The van der Waals surface area contributed by atoms with E-state index in [9.17, 15) is 0 Å². The van der Waals surface area contributed by atoms with E-state index in [1.165, 1.54) is 0 Å². The Morgan fingerprint density at radius 2 is 1.14 bits per heavy atom. The van der Waals surface area contributed by atoms with Crippen LogP contribution in [0.15, 0.2) is 0 Å². The highest BCUT2D eigenvalue weighted by atomic mass is 16.5. The lowest BCUT2D eigenvalue weighted by Crippen LogP contribution is -2.05. The molecule has 0 fully saturated rings. The van der Waals surface area contributed by atoms with Gasteiger partial charge in [-0.05, 0) is 12.8 Å². The van der Waals surface area contributed by atoms with Crippen LogP contribution in [0.25, 0.3) is 0 Å². The average molecular weight is 196 g/mol. The Bertz CT molecular complexity index is 171. The lowest BCUT2D eigenvalue weighted by atomic mass is 10.3. The topological polar surface area (TPSA) is 66.0 Å². The van der Waals surface area contributed by atoms with Crippen molar-refractivity contribution in [3.8, 4) is 12.1 Å². The molecule has 0 aliphatic rings. The quantitative estimate of drug-likeness (QED) is 0.526. The van der Waals surface area contributed by atoms with Crippen molar-refractivity contribution in [2.45, 2.75) is 25.7 Å². The second-order valence-corrected chi connectivity index (χ2v) is 2.75. The summed E-state index contributed by atoms with van der Waals surface area (Å²) in [6.07, 6.45) is 2.65. The fourth-order valence-electron chi connectivity index (χ4n) is 0.829. The van der Waals surface area contributed by atoms with Crippen LogP contribution in [0, 0.1) is 22.7 Å². The molecular formula is C10H16N2O2. The van der Waals surface area contributed by atoms with E-state index in [-0.39, 0.29) is 0 Å². The lowest BCUT2D eigenvalue weighted by molar-refractivity contribution is 0.0467.